The Morgan fingerprint density at radius 3 is 2.25 bits per heavy atom. The molecule has 2 atom stereocenters. The van der Waals surface area contributed by atoms with E-state index in [2.05, 4.69) is 11.4 Å². The van der Waals surface area contributed by atoms with Gasteiger partial charge in [-0.25, -0.2) is 4.79 Å². The lowest BCUT2D eigenvalue weighted by atomic mass is 10.0. The summed E-state index contributed by atoms with van der Waals surface area (Å²) in [6.45, 7) is 3.87. The second-order valence-electron chi connectivity index (χ2n) is 8.31. The van der Waals surface area contributed by atoms with Gasteiger partial charge in [-0.2, -0.15) is 4.79 Å². The Bertz CT molecular complexity index is 847. The second kappa shape index (κ2) is 19.2. The average molecular weight is 546 g/mol. The highest BCUT2D eigenvalue weighted by atomic mass is 32.2. The second-order valence-corrected chi connectivity index (χ2v) is 10.0. The van der Waals surface area contributed by atoms with Crippen molar-refractivity contribution in [3.63, 3.8) is 0 Å². The number of benzene rings is 1. The van der Waals surface area contributed by atoms with Gasteiger partial charge in [0.25, 0.3) is 0 Å². The van der Waals surface area contributed by atoms with Crippen molar-refractivity contribution in [1.82, 2.24) is 0 Å². The first-order valence-corrected chi connectivity index (χ1v) is 14.6. The van der Waals surface area contributed by atoms with Crippen LogP contribution in [0.1, 0.15) is 94.0 Å². The summed E-state index contributed by atoms with van der Waals surface area (Å²) in [7, 11) is -3.23. The Hall–Kier alpha value is -2.00. The first-order chi connectivity index (χ1) is 17.3. The zero-order valence-corrected chi connectivity index (χ0v) is 22.8. The molecule has 0 bridgehead atoms. The molecule has 2 unspecified atom stereocenters. The zero-order valence-electron chi connectivity index (χ0n) is 21.1. The molecule has 0 aliphatic heterocycles. The summed E-state index contributed by atoms with van der Waals surface area (Å²) in [4.78, 5) is 45.0. The Kier molecular flexibility index (Phi) is 17.0. The first kappa shape index (κ1) is 32.0. The monoisotopic (exact) mass is 545 g/mol. The standard InChI is InChI=1S/C25H37O9PS/c1-3-5-6-7-8-9-10-11-12-16-22(27)36-18-20(26)17-19-14-13-15-21(23(19)24(28)32-4-2)33-25(29)34-35(30)31/h13-15,20,26H,3-12,16-18H2,1-2H3/p+1. The maximum atomic E-state index is 12.5. The minimum absolute atomic E-state index is 0.00692. The highest BCUT2D eigenvalue weighted by Crippen LogP contribution is 2.27. The van der Waals surface area contributed by atoms with E-state index in [9.17, 15) is 24.1 Å². The van der Waals surface area contributed by atoms with Crippen LogP contribution < -0.4 is 4.74 Å². The summed E-state index contributed by atoms with van der Waals surface area (Å²) in [5.74, 6) is -0.865. The van der Waals surface area contributed by atoms with Gasteiger partial charge in [0.1, 0.15) is 11.3 Å². The van der Waals surface area contributed by atoms with Gasteiger partial charge in [-0.3, -0.25) is 4.79 Å². The van der Waals surface area contributed by atoms with Gasteiger partial charge < -0.3 is 14.6 Å². The minimum Gasteiger partial charge on any atom is -0.462 e. The third-order valence-electron chi connectivity index (χ3n) is 5.31. The molecular weight excluding hydrogens is 507 g/mol. The fourth-order valence-corrected chi connectivity index (χ4v) is 4.54. The zero-order chi connectivity index (χ0) is 26.8. The average Bonchev–Trinajstić information content (AvgIpc) is 2.81. The van der Waals surface area contributed by atoms with Crippen LogP contribution in [0.15, 0.2) is 18.2 Å². The number of carbonyl (C=O) groups is 3. The van der Waals surface area contributed by atoms with E-state index >= 15 is 0 Å². The molecule has 36 heavy (non-hydrogen) atoms. The largest absolute Gasteiger partial charge is 0.753 e. The van der Waals surface area contributed by atoms with Crippen LogP contribution in [0.25, 0.3) is 0 Å². The number of ether oxygens (including phenoxy) is 2. The van der Waals surface area contributed by atoms with Crippen molar-refractivity contribution < 1.29 is 42.9 Å². The van der Waals surface area contributed by atoms with Crippen molar-refractivity contribution in [2.45, 2.75) is 90.6 Å². The van der Waals surface area contributed by atoms with Crippen molar-refractivity contribution in [3.05, 3.63) is 29.3 Å². The number of hydrogen-bond donors (Lipinski definition) is 2. The van der Waals surface area contributed by atoms with Crippen LogP contribution in [0, 0.1) is 0 Å². The highest BCUT2D eigenvalue weighted by molar-refractivity contribution is 8.13. The minimum atomic E-state index is -3.23. The molecule has 0 spiro atoms. The first-order valence-electron chi connectivity index (χ1n) is 12.5. The third kappa shape index (κ3) is 13.9. The van der Waals surface area contributed by atoms with Gasteiger partial charge >= 0.3 is 20.4 Å². The molecule has 0 aliphatic rings. The predicted octanol–water partition coefficient (Wildman–Crippen LogP) is 6.11. The van der Waals surface area contributed by atoms with Gasteiger partial charge in [-0.1, -0.05) is 82.2 Å². The topological polar surface area (TPSA) is 136 Å². The molecule has 0 radical (unpaired) electrons. The summed E-state index contributed by atoms with van der Waals surface area (Å²) in [5, 5.41) is 10.5. The number of rotatable bonds is 18. The van der Waals surface area contributed by atoms with E-state index < -0.39 is 26.5 Å². The Morgan fingerprint density at radius 1 is 1.00 bits per heavy atom. The van der Waals surface area contributed by atoms with E-state index in [4.69, 9.17) is 14.4 Å². The molecule has 1 aromatic carbocycles. The Labute approximate surface area is 218 Å². The predicted molar refractivity (Wildman–Crippen MR) is 138 cm³/mol. The van der Waals surface area contributed by atoms with Crippen molar-refractivity contribution in [2.75, 3.05) is 12.4 Å². The smallest absolute Gasteiger partial charge is 0.462 e. The molecule has 1 aromatic rings. The van der Waals surface area contributed by atoms with Crippen LogP contribution in [0.4, 0.5) is 4.79 Å². The molecule has 202 valence electrons. The molecule has 0 saturated heterocycles. The molecule has 11 heteroatoms. The summed E-state index contributed by atoms with van der Waals surface area (Å²) >= 11 is 1.06. The molecule has 0 amide bonds. The lowest BCUT2D eigenvalue weighted by Gasteiger charge is -2.15. The molecule has 0 aromatic heterocycles. The third-order valence-corrected chi connectivity index (χ3v) is 6.70. The van der Waals surface area contributed by atoms with E-state index in [0.29, 0.717) is 12.0 Å². The summed E-state index contributed by atoms with van der Waals surface area (Å²) in [6.07, 6.45) is 8.61. The number of esters is 1. The normalized spacial score (nSPS) is 12.1. The molecule has 2 N–H and O–H groups in total. The number of aliphatic hydroxyl groups is 1. The lowest BCUT2D eigenvalue weighted by molar-refractivity contribution is -0.111. The SMILES string of the molecule is CCCCCCCCCCCC(=O)SCC(O)Cc1cccc(OC(=O)O[P+](=O)O)c1C(=O)OCC. The van der Waals surface area contributed by atoms with Gasteiger partial charge in [0.05, 0.1) is 12.7 Å². The number of thioether (sulfide) groups is 1. The number of aliphatic hydroxyl groups excluding tert-OH is 1. The van der Waals surface area contributed by atoms with Crippen molar-refractivity contribution >= 4 is 37.3 Å². The van der Waals surface area contributed by atoms with Crippen LogP contribution in [0.5, 0.6) is 5.75 Å². The summed E-state index contributed by atoms with van der Waals surface area (Å²) in [5.41, 5.74) is 0.237. The van der Waals surface area contributed by atoms with E-state index in [1.807, 2.05) is 0 Å². The van der Waals surface area contributed by atoms with Crippen LogP contribution >= 0.6 is 20.0 Å². The van der Waals surface area contributed by atoms with Crippen LogP contribution in [0.2, 0.25) is 0 Å². The number of carbonyl (C=O) groups excluding carboxylic acids is 3. The highest BCUT2D eigenvalue weighted by Gasteiger charge is 2.27. The van der Waals surface area contributed by atoms with E-state index in [1.54, 1.807) is 13.0 Å². The lowest BCUT2D eigenvalue weighted by Crippen LogP contribution is -2.19. The molecule has 1 rings (SSSR count). The molecule has 0 saturated carbocycles. The van der Waals surface area contributed by atoms with Crippen LogP contribution in [-0.4, -0.2) is 45.7 Å². The molecule has 9 nitrogen and oxygen atoms in total. The van der Waals surface area contributed by atoms with Crippen molar-refractivity contribution in [3.8, 4) is 5.75 Å². The quantitative estimate of drug-likeness (QED) is 0.0961. The molecule has 0 aliphatic carbocycles. The summed E-state index contributed by atoms with van der Waals surface area (Å²) < 4.78 is 24.7. The fourth-order valence-electron chi connectivity index (χ4n) is 3.59. The van der Waals surface area contributed by atoms with Crippen LogP contribution in [0.3, 0.4) is 0 Å². The Morgan fingerprint density at radius 2 is 1.64 bits per heavy atom. The fraction of sp³-hybridized carbons (Fsp3) is 0.640. The maximum Gasteiger partial charge on any atom is 0.753 e. The van der Waals surface area contributed by atoms with Crippen molar-refractivity contribution in [2.24, 2.45) is 0 Å². The molecule has 0 fully saturated rings. The Balaban J connectivity index is 2.55. The molecular formula is C25H38O9PS+. The summed E-state index contributed by atoms with van der Waals surface area (Å²) in [6, 6.07) is 4.36. The number of unbranched alkanes of at least 4 members (excludes halogenated alkanes) is 8. The van der Waals surface area contributed by atoms with E-state index in [1.165, 1.54) is 50.7 Å². The van der Waals surface area contributed by atoms with Gasteiger partial charge in [0, 0.05) is 23.2 Å². The van der Waals surface area contributed by atoms with E-state index in [-0.39, 0.29) is 35.2 Å². The van der Waals surface area contributed by atoms with Gasteiger partial charge in [-0.05, 0) is 25.0 Å². The van der Waals surface area contributed by atoms with Gasteiger partial charge in [0.2, 0.25) is 0 Å². The van der Waals surface area contributed by atoms with Gasteiger partial charge in [0.15, 0.2) is 5.12 Å². The van der Waals surface area contributed by atoms with Gasteiger partial charge in [-0.15, -0.1) is 9.42 Å². The van der Waals surface area contributed by atoms with Crippen molar-refractivity contribution in [1.29, 1.82) is 0 Å². The van der Waals surface area contributed by atoms with E-state index in [0.717, 1.165) is 31.0 Å². The molecule has 0 heterocycles. The maximum absolute atomic E-state index is 12.5. The number of hydrogen-bond acceptors (Lipinski definition) is 9. The van der Waals surface area contributed by atoms with Crippen LogP contribution in [-0.2, 0) is 25.0 Å².